The summed E-state index contributed by atoms with van der Waals surface area (Å²) in [6, 6.07) is 5.87. The first-order chi connectivity index (χ1) is 14.4. The predicted molar refractivity (Wildman–Crippen MR) is 111 cm³/mol. The zero-order chi connectivity index (χ0) is 21.3. The number of hydrogen-bond acceptors (Lipinski definition) is 5. The van der Waals surface area contributed by atoms with E-state index in [-0.39, 0.29) is 18.0 Å². The lowest BCUT2D eigenvalue weighted by molar-refractivity contribution is -0.163. The summed E-state index contributed by atoms with van der Waals surface area (Å²) in [6.07, 6.45) is 2.94. The summed E-state index contributed by atoms with van der Waals surface area (Å²) in [5.74, 6) is 0.664. The van der Waals surface area contributed by atoms with Crippen molar-refractivity contribution < 1.29 is 19.4 Å². The van der Waals surface area contributed by atoms with Crippen LogP contribution in [0, 0.1) is 0 Å². The van der Waals surface area contributed by atoms with E-state index in [1.54, 1.807) is 12.0 Å². The van der Waals surface area contributed by atoms with Crippen LogP contribution in [-0.4, -0.2) is 70.8 Å². The molecule has 7 nitrogen and oxygen atoms in total. The lowest BCUT2D eigenvalue weighted by Gasteiger charge is -2.64. The molecule has 2 heterocycles. The van der Waals surface area contributed by atoms with E-state index in [9.17, 15) is 14.7 Å². The van der Waals surface area contributed by atoms with E-state index in [1.807, 2.05) is 19.9 Å². The number of urea groups is 1. The molecule has 1 spiro atoms. The van der Waals surface area contributed by atoms with Crippen LogP contribution >= 0.6 is 0 Å². The first-order valence-corrected chi connectivity index (χ1v) is 11.1. The fourth-order valence-corrected chi connectivity index (χ4v) is 6.96. The monoisotopic (exact) mass is 413 g/mol. The Kier molecular flexibility index (Phi) is 4.25. The minimum Gasteiger partial charge on any atom is -0.497 e. The summed E-state index contributed by atoms with van der Waals surface area (Å²) in [4.78, 5) is 29.8. The fourth-order valence-electron chi connectivity index (χ4n) is 6.96. The number of rotatable bonds is 3. The molecule has 30 heavy (non-hydrogen) atoms. The summed E-state index contributed by atoms with van der Waals surface area (Å²) in [5, 5.41) is 15.7. The zero-order valence-electron chi connectivity index (χ0n) is 18.0. The Morgan fingerprint density at radius 1 is 1.20 bits per heavy atom. The highest BCUT2D eigenvalue weighted by molar-refractivity contribution is 6.07. The van der Waals surface area contributed by atoms with Crippen molar-refractivity contribution in [3.05, 3.63) is 29.3 Å². The zero-order valence-corrected chi connectivity index (χ0v) is 18.0. The molecule has 0 radical (unpaired) electrons. The molecule has 5 rings (SSSR count). The summed E-state index contributed by atoms with van der Waals surface area (Å²) in [6.45, 7) is 5.44. The lowest BCUT2D eigenvalue weighted by Crippen LogP contribution is -2.76. The highest BCUT2D eigenvalue weighted by Crippen LogP contribution is 2.61. The Morgan fingerprint density at radius 3 is 2.70 bits per heavy atom. The maximum absolute atomic E-state index is 13.6. The van der Waals surface area contributed by atoms with E-state index in [0.29, 0.717) is 32.4 Å². The summed E-state index contributed by atoms with van der Waals surface area (Å²) >= 11 is 0. The molecule has 2 saturated heterocycles. The minimum atomic E-state index is -0.946. The SMILES string of the molecule is CCN1C(=O)N(CC)C2(CCC3(O)C4Cc5ccc(OC)cc5C3(CCN4)C2)C1=O. The van der Waals surface area contributed by atoms with Gasteiger partial charge in [0.15, 0.2) is 0 Å². The molecule has 162 valence electrons. The number of nitrogens with zero attached hydrogens (tertiary/aromatic N) is 2. The van der Waals surface area contributed by atoms with Crippen LogP contribution in [0.2, 0.25) is 0 Å². The van der Waals surface area contributed by atoms with Crippen LogP contribution in [0.25, 0.3) is 0 Å². The molecule has 1 aromatic carbocycles. The Labute approximate surface area is 177 Å². The quantitative estimate of drug-likeness (QED) is 0.739. The van der Waals surface area contributed by atoms with Crippen LogP contribution in [0.3, 0.4) is 0 Å². The number of likely N-dealkylation sites (N-methyl/N-ethyl adjacent to an activating group) is 2. The maximum atomic E-state index is 13.6. The van der Waals surface area contributed by atoms with Crippen molar-refractivity contribution in [2.45, 2.75) is 68.5 Å². The van der Waals surface area contributed by atoms with Crippen LogP contribution in [0.5, 0.6) is 5.75 Å². The normalized spacial score (nSPS) is 37.4. The average molecular weight is 414 g/mol. The number of carbonyl (C=O) groups excluding carboxylic acids is 2. The Morgan fingerprint density at radius 2 is 2.00 bits per heavy atom. The molecule has 7 heteroatoms. The van der Waals surface area contributed by atoms with E-state index in [4.69, 9.17) is 4.74 Å². The van der Waals surface area contributed by atoms with Crippen molar-refractivity contribution in [1.29, 1.82) is 0 Å². The molecule has 2 N–H and O–H groups in total. The van der Waals surface area contributed by atoms with Gasteiger partial charge in [0, 0.05) is 24.5 Å². The van der Waals surface area contributed by atoms with Gasteiger partial charge in [-0.1, -0.05) is 6.07 Å². The third-order valence-electron chi connectivity index (χ3n) is 8.37. The molecule has 2 aliphatic carbocycles. The number of benzene rings is 1. The topological polar surface area (TPSA) is 82.1 Å². The standard InChI is InChI=1S/C23H31N3O4/c1-4-25-19(27)22(26(5-2)20(25)28)8-9-23(29)18-12-15-6-7-16(30-3)13-17(15)21(23,14-22)10-11-24-18/h6-7,13,18,24,29H,4-5,8-12,14H2,1-3H3. The second-order valence-corrected chi connectivity index (χ2v) is 9.27. The number of carbonyl (C=O) groups is 2. The van der Waals surface area contributed by atoms with Gasteiger partial charge in [0.1, 0.15) is 11.3 Å². The highest BCUT2D eigenvalue weighted by Gasteiger charge is 2.70. The van der Waals surface area contributed by atoms with Gasteiger partial charge in [0.05, 0.1) is 12.7 Å². The van der Waals surface area contributed by atoms with E-state index in [0.717, 1.165) is 30.7 Å². The number of methoxy groups -OCH3 is 1. The Balaban J connectivity index is 1.70. The number of hydrogen-bond donors (Lipinski definition) is 2. The summed E-state index contributed by atoms with van der Waals surface area (Å²) < 4.78 is 5.52. The van der Waals surface area contributed by atoms with Gasteiger partial charge in [0.2, 0.25) is 0 Å². The van der Waals surface area contributed by atoms with Crippen LogP contribution in [0.1, 0.15) is 50.7 Å². The van der Waals surface area contributed by atoms with Gasteiger partial charge in [-0.2, -0.15) is 0 Å². The molecule has 1 saturated carbocycles. The smallest absolute Gasteiger partial charge is 0.327 e. The van der Waals surface area contributed by atoms with Gasteiger partial charge in [-0.25, -0.2) is 4.79 Å². The number of ether oxygens (including phenoxy) is 1. The molecule has 4 atom stereocenters. The van der Waals surface area contributed by atoms with Crippen molar-refractivity contribution in [1.82, 2.24) is 15.1 Å². The number of amides is 3. The number of fused-ring (bicyclic) bond motifs is 1. The van der Waals surface area contributed by atoms with E-state index < -0.39 is 16.6 Å². The first-order valence-electron chi connectivity index (χ1n) is 11.1. The second-order valence-electron chi connectivity index (χ2n) is 9.27. The van der Waals surface area contributed by atoms with E-state index >= 15 is 0 Å². The molecule has 3 fully saturated rings. The minimum absolute atomic E-state index is 0.0472. The third kappa shape index (κ3) is 2.17. The van der Waals surface area contributed by atoms with Gasteiger partial charge >= 0.3 is 6.03 Å². The van der Waals surface area contributed by atoms with Crippen molar-refractivity contribution in [2.75, 3.05) is 26.7 Å². The maximum Gasteiger partial charge on any atom is 0.327 e. The van der Waals surface area contributed by atoms with Gasteiger partial charge < -0.3 is 20.1 Å². The molecule has 4 aliphatic rings. The predicted octanol–water partition coefficient (Wildman–Crippen LogP) is 1.81. The van der Waals surface area contributed by atoms with Crippen molar-refractivity contribution in [3.63, 3.8) is 0 Å². The number of nitrogens with one attached hydrogen (secondary N) is 1. The lowest BCUT2D eigenvalue weighted by atomic mass is 9.47. The summed E-state index contributed by atoms with van der Waals surface area (Å²) in [7, 11) is 1.65. The molecule has 1 aromatic rings. The molecule has 2 bridgehead atoms. The average Bonchev–Trinajstić information content (AvgIpc) is 2.93. The first kappa shape index (κ1) is 19.8. The highest BCUT2D eigenvalue weighted by atomic mass is 16.5. The van der Waals surface area contributed by atoms with Gasteiger partial charge in [-0.15, -0.1) is 0 Å². The van der Waals surface area contributed by atoms with Crippen molar-refractivity contribution >= 4 is 11.9 Å². The number of piperidine rings is 1. The van der Waals surface area contributed by atoms with Gasteiger partial charge in [0.25, 0.3) is 5.91 Å². The van der Waals surface area contributed by atoms with Crippen LogP contribution < -0.4 is 10.1 Å². The molecule has 3 amide bonds. The van der Waals surface area contributed by atoms with Crippen LogP contribution in [-0.2, 0) is 16.6 Å². The molecule has 4 unspecified atom stereocenters. The summed E-state index contributed by atoms with van der Waals surface area (Å²) in [5.41, 5.74) is -0.128. The molecule has 0 aromatic heterocycles. The Hall–Kier alpha value is -2.12. The number of imide groups is 1. The molecular formula is C23H31N3O4. The van der Waals surface area contributed by atoms with Crippen molar-refractivity contribution in [2.24, 2.45) is 0 Å². The number of aliphatic hydroxyl groups is 1. The second kappa shape index (κ2) is 6.44. The largest absolute Gasteiger partial charge is 0.497 e. The molecular weight excluding hydrogens is 382 g/mol. The molecule has 2 aliphatic heterocycles. The van der Waals surface area contributed by atoms with E-state index in [1.165, 1.54) is 10.5 Å². The van der Waals surface area contributed by atoms with Gasteiger partial charge in [-0.3, -0.25) is 9.69 Å². The van der Waals surface area contributed by atoms with Crippen LogP contribution in [0.15, 0.2) is 18.2 Å². The Bertz CT molecular complexity index is 920. The van der Waals surface area contributed by atoms with E-state index in [2.05, 4.69) is 17.4 Å². The van der Waals surface area contributed by atoms with Gasteiger partial charge in [-0.05, 0) is 75.8 Å². The van der Waals surface area contributed by atoms with Crippen molar-refractivity contribution in [3.8, 4) is 5.75 Å². The fraction of sp³-hybridized carbons (Fsp3) is 0.652. The third-order valence-corrected chi connectivity index (χ3v) is 8.37. The van der Waals surface area contributed by atoms with Crippen LogP contribution in [0.4, 0.5) is 4.79 Å².